The van der Waals surface area contributed by atoms with Gasteiger partial charge in [0.15, 0.2) is 0 Å². The summed E-state index contributed by atoms with van der Waals surface area (Å²) in [7, 11) is 4.24. The Morgan fingerprint density at radius 1 is 1.43 bits per heavy atom. The standard InChI is InChI=1S/C11H25N3/c1-10(7-12-3)8-14-6-5-13(4)9-11(14)2/h10-12H,5-9H2,1-4H3. The summed E-state index contributed by atoms with van der Waals surface area (Å²) in [6, 6.07) is 0.716. The summed E-state index contributed by atoms with van der Waals surface area (Å²) >= 11 is 0. The predicted molar refractivity (Wildman–Crippen MR) is 61.6 cm³/mol. The van der Waals surface area contributed by atoms with Crippen molar-refractivity contribution in [3.8, 4) is 0 Å². The van der Waals surface area contributed by atoms with Crippen molar-refractivity contribution < 1.29 is 0 Å². The molecule has 0 bridgehead atoms. The largest absolute Gasteiger partial charge is 0.319 e. The van der Waals surface area contributed by atoms with Crippen LogP contribution in [0.25, 0.3) is 0 Å². The molecule has 84 valence electrons. The maximum atomic E-state index is 3.24. The quantitative estimate of drug-likeness (QED) is 0.710. The second kappa shape index (κ2) is 5.69. The number of rotatable bonds is 4. The van der Waals surface area contributed by atoms with E-state index in [0.29, 0.717) is 6.04 Å². The Bertz CT molecular complexity index is 161. The highest BCUT2D eigenvalue weighted by Gasteiger charge is 2.22. The normalized spacial score (nSPS) is 27.9. The van der Waals surface area contributed by atoms with Gasteiger partial charge in [-0.25, -0.2) is 0 Å². The van der Waals surface area contributed by atoms with Gasteiger partial charge >= 0.3 is 0 Å². The van der Waals surface area contributed by atoms with Crippen LogP contribution >= 0.6 is 0 Å². The van der Waals surface area contributed by atoms with Crippen LogP contribution in [0.2, 0.25) is 0 Å². The minimum atomic E-state index is 0.716. The van der Waals surface area contributed by atoms with E-state index in [4.69, 9.17) is 0 Å². The molecule has 1 aliphatic heterocycles. The van der Waals surface area contributed by atoms with Gasteiger partial charge in [0, 0.05) is 32.2 Å². The van der Waals surface area contributed by atoms with Crippen molar-refractivity contribution in [3.63, 3.8) is 0 Å². The fraction of sp³-hybridized carbons (Fsp3) is 1.00. The van der Waals surface area contributed by atoms with E-state index in [1.54, 1.807) is 0 Å². The van der Waals surface area contributed by atoms with E-state index in [9.17, 15) is 0 Å². The van der Waals surface area contributed by atoms with E-state index in [2.05, 4.69) is 36.0 Å². The molecule has 0 radical (unpaired) electrons. The average Bonchev–Trinajstić information content (AvgIpc) is 2.10. The Kier molecular flexibility index (Phi) is 4.85. The molecule has 1 fully saturated rings. The summed E-state index contributed by atoms with van der Waals surface area (Å²) < 4.78 is 0. The molecule has 0 spiro atoms. The van der Waals surface area contributed by atoms with Crippen molar-refractivity contribution >= 4 is 0 Å². The molecule has 3 nitrogen and oxygen atoms in total. The van der Waals surface area contributed by atoms with Crippen LogP contribution in [0.15, 0.2) is 0 Å². The van der Waals surface area contributed by atoms with E-state index in [1.807, 2.05) is 7.05 Å². The van der Waals surface area contributed by atoms with Crippen LogP contribution in [0.5, 0.6) is 0 Å². The molecule has 1 N–H and O–H groups in total. The molecule has 0 saturated carbocycles. The third kappa shape index (κ3) is 3.56. The summed E-state index contributed by atoms with van der Waals surface area (Å²) in [6.45, 7) is 10.7. The molecule has 0 aromatic heterocycles. The summed E-state index contributed by atoms with van der Waals surface area (Å²) in [4.78, 5) is 5.03. The van der Waals surface area contributed by atoms with Crippen LogP contribution < -0.4 is 5.32 Å². The van der Waals surface area contributed by atoms with Gasteiger partial charge in [0.05, 0.1) is 0 Å². The van der Waals surface area contributed by atoms with E-state index < -0.39 is 0 Å². The molecule has 1 rings (SSSR count). The third-order valence-electron chi connectivity index (χ3n) is 3.07. The monoisotopic (exact) mass is 199 g/mol. The molecule has 0 aromatic carbocycles. The Labute approximate surface area is 88.5 Å². The lowest BCUT2D eigenvalue weighted by Gasteiger charge is -2.39. The molecule has 3 heteroatoms. The second-order valence-corrected chi connectivity index (χ2v) is 4.77. The van der Waals surface area contributed by atoms with Crippen molar-refractivity contribution in [2.45, 2.75) is 19.9 Å². The number of likely N-dealkylation sites (N-methyl/N-ethyl adjacent to an activating group) is 1. The fourth-order valence-electron chi connectivity index (χ4n) is 2.26. The van der Waals surface area contributed by atoms with Crippen LogP contribution in [-0.4, -0.2) is 62.7 Å². The zero-order chi connectivity index (χ0) is 10.6. The second-order valence-electron chi connectivity index (χ2n) is 4.77. The minimum absolute atomic E-state index is 0.716. The fourth-order valence-corrected chi connectivity index (χ4v) is 2.26. The first kappa shape index (κ1) is 12.0. The minimum Gasteiger partial charge on any atom is -0.319 e. The van der Waals surface area contributed by atoms with Gasteiger partial charge in [0.25, 0.3) is 0 Å². The third-order valence-corrected chi connectivity index (χ3v) is 3.07. The Morgan fingerprint density at radius 2 is 2.14 bits per heavy atom. The summed E-state index contributed by atoms with van der Waals surface area (Å²) in [6.07, 6.45) is 0. The van der Waals surface area contributed by atoms with Crippen molar-refractivity contribution in [2.75, 3.05) is 46.8 Å². The van der Waals surface area contributed by atoms with E-state index >= 15 is 0 Å². The van der Waals surface area contributed by atoms with E-state index in [-0.39, 0.29) is 0 Å². The highest BCUT2D eigenvalue weighted by molar-refractivity contribution is 4.78. The van der Waals surface area contributed by atoms with E-state index in [1.165, 1.54) is 26.2 Å². The molecular formula is C11H25N3. The molecule has 1 heterocycles. The first-order valence-corrected chi connectivity index (χ1v) is 5.70. The highest BCUT2D eigenvalue weighted by atomic mass is 15.3. The Balaban J connectivity index is 2.29. The van der Waals surface area contributed by atoms with E-state index in [0.717, 1.165) is 12.5 Å². The molecule has 0 amide bonds. The number of hydrogen-bond acceptors (Lipinski definition) is 3. The van der Waals surface area contributed by atoms with Crippen LogP contribution in [0.3, 0.4) is 0 Å². The SMILES string of the molecule is CNCC(C)CN1CCN(C)CC1C. The van der Waals surface area contributed by atoms with Crippen molar-refractivity contribution in [3.05, 3.63) is 0 Å². The first-order chi connectivity index (χ1) is 6.63. The number of nitrogens with zero attached hydrogens (tertiary/aromatic N) is 2. The van der Waals surface area contributed by atoms with Crippen LogP contribution in [-0.2, 0) is 0 Å². The Hall–Kier alpha value is -0.120. The van der Waals surface area contributed by atoms with Gasteiger partial charge in [-0.1, -0.05) is 6.92 Å². The maximum Gasteiger partial charge on any atom is 0.0195 e. The molecule has 14 heavy (non-hydrogen) atoms. The van der Waals surface area contributed by atoms with Gasteiger partial charge in [-0.05, 0) is 33.5 Å². The maximum absolute atomic E-state index is 3.24. The van der Waals surface area contributed by atoms with Gasteiger partial charge < -0.3 is 10.2 Å². The molecule has 0 aliphatic carbocycles. The van der Waals surface area contributed by atoms with Crippen molar-refractivity contribution in [1.82, 2.24) is 15.1 Å². The lowest BCUT2D eigenvalue weighted by atomic mass is 10.1. The number of hydrogen-bond donors (Lipinski definition) is 1. The van der Waals surface area contributed by atoms with Crippen LogP contribution in [0.4, 0.5) is 0 Å². The van der Waals surface area contributed by atoms with Crippen molar-refractivity contribution in [1.29, 1.82) is 0 Å². The lowest BCUT2D eigenvalue weighted by molar-refractivity contribution is 0.0874. The van der Waals surface area contributed by atoms with Gasteiger partial charge in [-0.15, -0.1) is 0 Å². The topological polar surface area (TPSA) is 18.5 Å². The number of nitrogens with one attached hydrogen (secondary N) is 1. The molecule has 1 saturated heterocycles. The van der Waals surface area contributed by atoms with Crippen molar-refractivity contribution in [2.24, 2.45) is 5.92 Å². The van der Waals surface area contributed by atoms with Crippen LogP contribution in [0.1, 0.15) is 13.8 Å². The molecule has 2 unspecified atom stereocenters. The smallest absolute Gasteiger partial charge is 0.0195 e. The summed E-state index contributed by atoms with van der Waals surface area (Å²) in [5, 5.41) is 3.24. The zero-order valence-corrected chi connectivity index (χ0v) is 10.1. The summed E-state index contributed by atoms with van der Waals surface area (Å²) in [5.41, 5.74) is 0. The molecule has 1 aliphatic rings. The molecular weight excluding hydrogens is 174 g/mol. The first-order valence-electron chi connectivity index (χ1n) is 5.70. The predicted octanol–water partition coefficient (Wildman–Crippen LogP) is 0.478. The lowest BCUT2D eigenvalue weighted by Crippen LogP contribution is -2.52. The van der Waals surface area contributed by atoms with Gasteiger partial charge in [0.1, 0.15) is 0 Å². The van der Waals surface area contributed by atoms with Crippen LogP contribution in [0, 0.1) is 5.92 Å². The zero-order valence-electron chi connectivity index (χ0n) is 10.1. The van der Waals surface area contributed by atoms with Gasteiger partial charge in [-0.3, -0.25) is 4.90 Å². The number of piperazine rings is 1. The van der Waals surface area contributed by atoms with Gasteiger partial charge in [-0.2, -0.15) is 0 Å². The molecule has 0 aromatic rings. The Morgan fingerprint density at radius 3 is 2.71 bits per heavy atom. The highest BCUT2D eigenvalue weighted by Crippen LogP contribution is 2.10. The summed E-state index contributed by atoms with van der Waals surface area (Å²) in [5.74, 6) is 0.755. The average molecular weight is 199 g/mol. The molecule has 2 atom stereocenters. The van der Waals surface area contributed by atoms with Gasteiger partial charge in [0.2, 0.25) is 0 Å².